The molecule has 0 bridgehead atoms. The predicted octanol–water partition coefficient (Wildman–Crippen LogP) is 3.15. The molecule has 1 aliphatic rings. The summed E-state index contributed by atoms with van der Waals surface area (Å²) in [4.78, 5) is 39.4. The number of aromatic nitrogens is 3. The molecule has 1 amide bonds. The Kier molecular flexibility index (Phi) is 7.12. The molecule has 4 rings (SSSR count). The SMILES string of the molecule is COC(=O)c1ccc(Nc2cccc(S(=O)(=O)NC(=O)c3cccnc3N3CC(C)CC3(C)C)n2)nc1. The molecule has 1 fully saturated rings. The minimum atomic E-state index is -4.30. The summed E-state index contributed by atoms with van der Waals surface area (Å²) in [6.45, 7) is 6.99. The largest absolute Gasteiger partial charge is 0.465 e. The highest BCUT2D eigenvalue weighted by atomic mass is 32.2. The number of hydrogen-bond donors (Lipinski definition) is 2. The Bertz CT molecular complexity index is 1430. The molecule has 0 aliphatic carbocycles. The van der Waals surface area contributed by atoms with E-state index >= 15 is 0 Å². The number of hydrogen-bond acceptors (Lipinski definition) is 10. The van der Waals surface area contributed by atoms with Gasteiger partial charge in [0.2, 0.25) is 0 Å². The molecule has 194 valence electrons. The van der Waals surface area contributed by atoms with Gasteiger partial charge in [-0.25, -0.2) is 24.5 Å². The van der Waals surface area contributed by atoms with Crippen molar-refractivity contribution in [3.8, 4) is 0 Å². The van der Waals surface area contributed by atoms with E-state index in [9.17, 15) is 18.0 Å². The number of nitrogens with one attached hydrogen (secondary N) is 2. The molecule has 0 aromatic carbocycles. The standard InChI is InChI=1S/C25H28N6O5S/c1-16-13-25(2,3)31(15-16)22-18(7-6-12-26-22)23(32)30-37(34,35)21-9-5-8-20(29-21)28-19-11-10-17(14-27-19)24(33)36-4/h5-12,14,16H,13,15H2,1-4H3,(H,30,32)(H,27,28,29). The van der Waals surface area contributed by atoms with Gasteiger partial charge in [-0.3, -0.25) is 4.79 Å². The van der Waals surface area contributed by atoms with E-state index in [-0.39, 0.29) is 27.5 Å². The lowest BCUT2D eigenvalue weighted by Crippen LogP contribution is -2.41. The second-order valence-corrected chi connectivity index (χ2v) is 11.1. The van der Waals surface area contributed by atoms with Crippen LogP contribution in [-0.4, -0.2) is 54.4 Å². The molecule has 12 heteroatoms. The quantitative estimate of drug-likeness (QED) is 0.442. The van der Waals surface area contributed by atoms with Crippen molar-refractivity contribution in [3.63, 3.8) is 0 Å². The van der Waals surface area contributed by atoms with Gasteiger partial charge in [0, 0.05) is 24.5 Å². The van der Waals surface area contributed by atoms with Crippen molar-refractivity contribution in [1.82, 2.24) is 19.7 Å². The zero-order chi connectivity index (χ0) is 26.8. The number of rotatable bonds is 7. The van der Waals surface area contributed by atoms with Gasteiger partial charge in [-0.15, -0.1) is 0 Å². The lowest BCUT2D eigenvalue weighted by molar-refractivity contribution is 0.0600. The fraction of sp³-hybridized carbons (Fsp3) is 0.320. The van der Waals surface area contributed by atoms with Crippen molar-refractivity contribution in [2.75, 3.05) is 23.9 Å². The van der Waals surface area contributed by atoms with Crippen LogP contribution in [0.1, 0.15) is 47.9 Å². The number of methoxy groups -OCH3 is 1. The van der Waals surface area contributed by atoms with E-state index in [4.69, 9.17) is 0 Å². The first-order chi connectivity index (χ1) is 17.5. The Morgan fingerprint density at radius 3 is 2.51 bits per heavy atom. The smallest absolute Gasteiger partial charge is 0.339 e. The van der Waals surface area contributed by atoms with Crippen molar-refractivity contribution >= 4 is 39.4 Å². The molecule has 2 N–H and O–H groups in total. The fourth-order valence-corrected chi connectivity index (χ4v) is 5.38. The summed E-state index contributed by atoms with van der Waals surface area (Å²) in [5.74, 6) is 0.0422. The van der Waals surface area contributed by atoms with Crippen molar-refractivity contribution in [1.29, 1.82) is 0 Å². The van der Waals surface area contributed by atoms with Gasteiger partial charge in [-0.05, 0) is 62.6 Å². The maximum absolute atomic E-state index is 13.1. The molecular weight excluding hydrogens is 496 g/mol. The summed E-state index contributed by atoms with van der Waals surface area (Å²) in [6.07, 6.45) is 3.83. The summed E-state index contributed by atoms with van der Waals surface area (Å²) < 4.78 is 32.9. The fourth-order valence-electron chi connectivity index (χ4n) is 4.45. The lowest BCUT2D eigenvalue weighted by atomic mass is 9.97. The van der Waals surface area contributed by atoms with Crippen LogP contribution in [0.3, 0.4) is 0 Å². The van der Waals surface area contributed by atoms with Gasteiger partial charge < -0.3 is 15.0 Å². The summed E-state index contributed by atoms with van der Waals surface area (Å²) in [5.41, 5.74) is 0.200. The molecule has 37 heavy (non-hydrogen) atoms. The summed E-state index contributed by atoms with van der Waals surface area (Å²) in [5, 5.41) is 2.53. The predicted molar refractivity (Wildman–Crippen MR) is 137 cm³/mol. The Balaban J connectivity index is 1.53. The van der Waals surface area contributed by atoms with E-state index < -0.39 is 21.9 Å². The number of ether oxygens (including phenoxy) is 1. The minimum absolute atomic E-state index is 0.164. The zero-order valence-corrected chi connectivity index (χ0v) is 21.7. The average molecular weight is 525 g/mol. The van der Waals surface area contributed by atoms with Crippen LogP contribution in [0.25, 0.3) is 0 Å². The number of anilines is 3. The van der Waals surface area contributed by atoms with Crippen LogP contribution in [-0.2, 0) is 14.8 Å². The number of carbonyl (C=O) groups excluding carboxylic acids is 2. The van der Waals surface area contributed by atoms with Crippen LogP contribution in [0, 0.1) is 5.92 Å². The monoisotopic (exact) mass is 524 g/mol. The van der Waals surface area contributed by atoms with E-state index in [1.54, 1.807) is 24.4 Å². The van der Waals surface area contributed by atoms with E-state index in [0.29, 0.717) is 24.1 Å². The maximum atomic E-state index is 13.1. The van der Waals surface area contributed by atoms with Gasteiger partial charge in [0.25, 0.3) is 15.9 Å². The molecule has 0 saturated carbocycles. The van der Waals surface area contributed by atoms with E-state index in [1.807, 2.05) is 4.90 Å². The van der Waals surface area contributed by atoms with Gasteiger partial charge in [-0.2, -0.15) is 8.42 Å². The number of nitrogens with zero attached hydrogens (tertiary/aromatic N) is 4. The van der Waals surface area contributed by atoms with Crippen LogP contribution in [0.2, 0.25) is 0 Å². The molecule has 1 aliphatic heterocycles. The topological polar surface area (TPSA) is 143 Å². The van der Waals surface area contributed by atoms with E-state index in [1.165, 1.54) is 37.6 Å². The molecule has 3 aromatic rings. The van der Waals surface area contributed by atoms with Crippen LogP contribution in [0.15, 0.2) is 59.9 Å². The molecule has 1 unspecified atom stereocenters. The third-order valence-electron chi connectivity index (χ3n) is 6.03. The van der Waals surface area contributed by atoms with Crippen LogP contribution in [0.4, 0.5) is 17.5 Å². The molecule has 3 aromatic heterocycles. The first-order valence-corrected chi connectivity index (χ1v) is 13.1. The highest BCUT2D eigenvalue weighted by Gasteiger charge is 2.39. The van der Waals surface area contributed by atoms with Crippen LogP contribution in [0.5, 0.6) is 0 Å². The lowest BCUT2D eigenvalue weighted by Gasteiger charge is -2.33. The first-order valence-electron chi connectivity index (χ1n) is 11.6. The highest BCUT2D eigenvalue weighted by Crippen LogP contribution is 2.37. The van der Waals surface area contributed by atoms with Crippen LogP contribution < -0.4 is 14.9 Å². The Hall–Kier alpha value is -4.06. The molecule has 0 radical (unpaired) electrons. The second kappa shape index (κ2) is 10.1. The molecule has 1 saturated heterocycles. The van der Waals surface area contributed by atoms with Gasteiger partial charge in [-0.1, -0.05) is 13.0 Å². The third kappa shape index (κ3) is 5.69. The van der Waals surface area contributed by atoms with Crippen molar-refractivity contribution in [2.24, 2.45) is 5.92 Å². The zero-order valence-electron chi connectivity index (χ0n) is 20.9. The Morgan fingerprint density at radius 1 is 1.08 bits per heavy atom. The maximum Gasteiger partial charge on any atom is 0.339 e. The molecular formula is C25H28N6O5S. The second-order valence-electron chi connectivity index (χ2n) is 9.45. The van der Waals surface area contributed by atoms with Crippen molar-refractivity contribution in [2.45, 2.75) is 37.8 Å². The molecule has 4 heterocycles. The highest BCUT2D eigenvalue weighted by molar-refractivity contribution is 7.90. The van der Waals surface area contributed by atoms with Gasteiger partial charge in [0.1, 0.15) is 17.5 Å². The van der Waals surface area contributed by atoms with Gasteiger partial charge in [0.05, 0.1) is 18.2 Å². The number of amides is 1. The van der Waals surface area contributed by atoms with Crippen LogP contribution >= 0.6 is 0 Å². The summed E-state index contributed by atoms with van der Waals surface area (Å²) in [7, 11) is -3.03. The van der Waals surface area contributed by atoms with E-state index in [0.717, 1.165) is 6.42 Å². The minimum Gasteiger partial charge on any atom is -0.465 e. The number of esters is 1. The first kappa shape index (κ1) is 26.0. The summed E-state index contributed by atoms with van der Waals surface area (Å²) in [6, 6.07) is 10.5. The van der Waals surface area contributed by atoms with Crippen molar-refractivity contribution < 1.29 is 22.7 Å². The third-order valence-corrected chi connectivity index (χ3v) is 7.26. The molecule has 1 atom stereocenters. The van der Waals surface area contributed by atoms with Gasteiger partial charge >= 0.3 is 5.97 Å². The number of carbonyl (C=O) groups is 2. The normalized spacial score (nSPS) is 16.8. The van der Waals surface area contributed by atoms with E-state index in [2.05, 4.69) is 50.5 Å². The van der Waals surface area contributed by atoms with Crippen molar-refractivity contribution in [3.05, 3.63) is 66.0 Å². The number of sulfonamides is 1. The Morgan fingerprint density at radius 2 is 1.86 bits per heavy atom. The molecule has 11 nitrogen and oxygen atoms in total. The summed E-state index contributed by atoms with van der Waals surface area (Å²) >= 11 is 0. The molecule has 0 spiro atoms. The average Bonchev–Trinajstić information content (AvgIpc) is 3.15. The van der Waals surface area contributed by atoms with Gasteiger partial charge in [0.15, 0.2) is 5.03 Å². The Labute approximate surface area is 215 Å². The number of pyridine rings is 3.